The Morgan fingerprint density at radius 3 is 2.42 bits per heavy atom. The Morgan fingerprint density at radius 2 is 1.95 bits per heavy atom. The predicted molar refractivity (Wildman–Crippen MR) is 76.6 cm³/mol. The lowest BCUT2D eigenvalue weighted by molar-refractivity contribution is -0.123. The summed E-state index contributed by atoms with van der Waals surface area (Å²) in [4.78, 5) is 11.8. The lowest BCUT2D eigenvalue weighted by Crippen LogP contribution is -2.39. The average molecular weight is 258 g/mol. The van der Waals surface area contributed by atoms with Crippen LogP contribution in [0.1, 0.15) is 38.3 Å². The highest BCUT2D eigenvalue weighted by atomic mass is 16.1. The van der Waals surface area contributed by atoms with E-state index in [1.807, 2.05) is 13.0 Å². The molecule has 1 atom stereocenters. The van der Waals surface area contributed by atoms with Crippen LogP contribution in [-0.2, 0) is 10.2 Å². The number of nitriles is 1. The molecular weight excluding hydrogens is 236 g/mol. The summed E-state index contributed by atoms with van der Waals surface area (Å²) in [7, 11) is 0. The zero-order valence-electron chi connectivity index (χ0n) is 12.2. The van der Waals surface area contributed by atoms with Crippen LogP contribution in [0, 0.1) is 24.2 Å². The maximum atomic E-state index is 11.8. The van der Waals surface area contributed by atoms with Crippen molar-refractivity contribution in [3.63, 3.8) is 0 Å². The van der Waals surface area contributed by atoms with Gasteiger partial charge in [-0.2, -0.15) is 5.26 Å². The SMILES string of the molecule is CCC(C#N)C(=O)NCC(C)(C)c1ccc(C)cc1. The van der Waals surface area contributed by atoms with Crippen LogP contribution in [0.2, 0.25) is 0 Å². The molecule has 0 aliphatic carbocycles. The van der Waals surface area contributed by atoms with Gasteiger partial charge in [0.2, 0.25) is 5.91 Å². The molecule has 0 heterocycles. The van der Waals surface area contributed by atoms with E-state index in [0.717, 1.165) is 0 Å². The molecule has 0 bridgehead atoms. The van der Waals surface area contributed by atoms with E-state index in [1.165, 1.54) is 11.1 Å². The first-order valence-corrected chi connectivity index (χ1v) is 6.65. The van der Waals surface area contributed by atoms with Gasteiger partial charge in [0, 0.05) is 12.0 Å². The first-order chi connectivity index (χ1) is 8.90. The lowest BCUT2D eigenvalue weighted by Gasteiger charge is -2.26. The molecule has 1 aromatic carbocycles. The number of aryl methyl sites for hydroxylation is 1. The van der Waals surface area contributed by atoms with E-state index in [1.54, 1.807) is 0 Å². The normalized spacial score (nSPS) is 12.6. The minimum atomic E-state index is -0.547. The molecule has 3 heteroatoms. The van der Waals surface area contributed by atoms with E-state index in [9.17, 15) is 4.79 Å². The fraction of sp³-hybridized carbons (Fsp3) is 0.500. The maximum Gasteiger partial charge on any atom is 0.237 e. The third kappa shape index (κ3) is 4.10. The van der Waals surface area contributed by atoms with E-state index in [-0.39, 0.29) is 11.3 Å². The highest BCUT2D eigenvalue weighted by Gasteiger charge is 2.23. The third-order valence-electron chi connectivity index (χ3n) is 3.42. The molecule has 1 amide bonds. The summed E-state index contributed by atoms with van der Waals surface area (Å²) in [5.41, 5.74) is 2.26. The molecule has 3 nitrogen and oxygen atoms in total. The second kappa shape index (κ2) is 6.38. The summed E-state index contributed by atoms with van der Waals surface area (Å²) in [6, 6.07) is 10.3. The van der Waals surface area contributed by atoms with Gasteiger partial charge in [0.1, 0.15) is 5.92 Å². The van der Waals surface area contributed by atoms with Gasteiger partial charge in [0.15, 0.2) is 0 Å². The lowest BCUT2D eigenvalue weighted by atomic mass is 9.84. The molecule has 0 radical (unpaired) electrons. The van der Waals surface area contributed by atoms with Gasteiger partial charge in [0.25, 0.3) is 0 Å². The molecule has 0 saturated heterocycles. The predicted octanol–water partition coefficient (Wildman–Crippen LogP) is 2.94. The third-order valence-corrected chi connectivity index (χ3v) is 3.42. The summed E-state index contributed by atoms with van der Waals surface area (Å²) in [5, 5.41) is 11.7. The summed E-state index contributed by atoms with van der Waals surface area (Å²) < 4.78 is 0. The van der Waals surface area contributed by atoms with Gasteiger partial charge in [-0.1, -0.05) is 50.6 Å². The van der Waals surface area contributed by atoms with Crippen LogP contribution < -0.4 is 5.32 Å². The monoisotopic (exact) mass is 258 g/mol. The Balaban J connectivity index is 2.68. The molecule has 0 saturated carbocycles. The van der Waals surface area contributed by atoms with E-state index in [0.29, 0.717) is 13.0 Å². The van der Waals surface area contributed by atoms with Gasteiger partial charge >= 0.3 is 0 Å². The minimum Gasteiger partial charge on any atom is -0.354 e. The summed E-state index contributed by atoms with van der Waals surface area (Å²) in [5.74, 6) is -0.723. The number of carbonyl (C=O) groups is 1. The molecular formula is C16H22N2O. The number of nitrogens with zero attached hydrogens (tertiary/aromatic N) is 1. The summed E-state index contributed by atoms with van der Waals surface area (Å²) in [6.07, 6.45) is 0.549. The minimum absolute atomic E-state index is 0.142. The van der Waals surface area contributed by atoms with Crippen molar-refractivity contribution < 1.29 is 4.79 Å². The van der Waals surface area contributed by atoms with Crippen LogP contribution in [0.15, 0.2) is 24.3 Å². The van der Waals surface area contributed by atoms with Crippen LogP contribution >= 0.6 is 0 Å². The number of nitrogens with one attached hydrogen (secondary N) is 1. The fourth-order valence-electron chi connectivity index (χ4n) is 1.87. The van der Waals surface area contributed by atoms with Crippen LogP contribution in [-0.4, -0.2) is 12.5 Å². The number of benzene rings is 1. The Bertz CT molecular complexity index is 469. The second-order valence-corrected chi connectivity index (χ2v) is 5.56. The quantitative estimate of drug-likeness (QED) is 0.882. The van der Waals surface area contributed by atoms with Crippen molar-refractivity contribution >= 4 is 5.91 Å². The van der Waals surface area contributed by atoms with Gasteiger partial charge in [-0.3, -0.25) is 4.79 Å². The van der Waals surface area contributed by atoms with Crippen molar-refractivity contribution in [2.45, 2.75) is 39.5 Å². The van der Waals surface area contributed by atoms with E-state index >= 15 is 0 Å². The Labute approximate surface area is 115 Å². The largest absolute Gasteiger partial charge is 0.354 e. The molecule has 0 aliphatic heterocycles. The Morgan fingerprint density at radius 1 is 1.37 bits per heavy atom. The fourth-order valence-corrected chi connectivity index (χ4v) is 1.87. The highest BCUT2D eigenvalue weighted by Crippen LogP contribution is 2.22. The Kier molecular flexibility index (Phi) is 5.11. The summed E-state index contributed by atoms with van der Waals surface area (Å²) >= 11 is 0. The molecule has 19 heavy (non-hydrogen) atoms. The van der Waals surface area contributed by atoms with Gasteiger partial charge in [-0.05, 0) is 18.9 Å². The molecule has 0 aromatic heterocycles. The summed E-state index contributed by atoms with van der Waals surface area (Å²) in [6.45, 7) is 8.61. The van der Waals surface area contributed by atoms with E-state index < -0.39 is 5.92 Å². The van der Waals surface area contributed by atoms with Crippen molar-refractivity contribution in [2.75, 3.05) is 6.54 Å². The van der Waals surface area contributed by atoms with E-state index in [4.69, 9.17) is 5.26 Å². The molecule has 0 fully saturated rings. The number of rotatable bonds is 5. The molecule has 1 aromatic rings. The van der Waals surface area contributed by atoms with Gasteiger partial charge < -0.3 is 5.32 Å². The topological polar surface area (TPSA) is 52.9 Å². The van der Waals surface area contributed by atoms with Crippen molar-refractivity contribution in [3.05, 3.63) is 35.4 Å². The van der Waals surface area contributed by atoms with Crippen LogP contribution in [0.3, 0.4) is 0 Å². The molecule has 0 spiro atoms. The van der Waals surface area contributed by atoms with Crippen molar-refractivity contribution in [3.8, 4) is 6.07 Å². The van der Waals surface area contributed by atoms with Crippen molar-refractivity contribution in [2.24, 2.45) is 5.92 Å². The van der Waals surface area contributed by atoms with Gasteiger partial charge in [0.05, 0.1) is 6.07 Å². The van der Waals surface area contributed by atoms with E-state index in [2.05, 4.69) is 50.4 Å². The van der Waals surface area contributed by atoms with Gasteiger partial charge in [-0.15, -0.1) is 0 Å². The van der Waals surface area contributed by atoms with Crippen molar-refractivity contribution in [1.82, 2.24) is 5.32 Å². The highest BCUT2D eigenvalue weighted by molar-refractivity contribution is 5.81. The number of hydrogen-bond acceptors (Lipinski definition) is 2. The number of carbonyl (C=O) groups excluding carboxylic acids is 1. The first-order valence-electron chi connectivity index (χ1n) is 6.65. The van der Waals surface area contributed by atoms with Crippen LogP contribution in [0.4, 0.5) is 0 Å². The maximum absolute atomic E-state index is 11.8. The number of hydrogen-bond donors (Lipinski definition) is 1. The van der Waals surface area contributed by atoms with Crippen molar-refractivity contribution in [1.29, 1.82) is 5.26 Å². The second-order valence-electron chi connectivity index (χ2n) is 5.56. The first kappa shape index (κ1) is 15.2. The molecule has 0 aliphatic rings. The molecule has 1 unspecified atom stereocenters. The van der Waals surface area contributed by atoms with Gasteiger partial charge in [-0.25, -0.2) is 0 Å². The number of amides is 1. The average Bonchev–Trinajstić information content (AvgIpc) is 2.38. The molecule has 1 rings (SSSR count). The molecule has 102 valence electrons. The Hall–Kier alpha value is -1.82. The smallest absolute Gasteiger partial charge is 0.237 e. The zero-order chi connectivity index (χ0) is 14.5. The molecule has 1 N–H and O–H groups in total. The van der Waals surface area contributed by atoms with Crippen LogP contribution in [0.5, 0.6) is 0 Å². The van der Waals surface area contributed by atoms with Crippen LogP contribution in [0.25, 0.3) is 0 Å². The zero-order valence-corrected chi connectivity index (χ0v) is 12.2. The standard InChI is InChI=1S/C16H22N2O/c1-5-13(10-17)15(19)18-11-16(3,4)14-8-6-12(2)7-9-14/h6-9,13H,5,11H2,1-4H3,(H,18,19).